The first-order valence-electron chi connectivity index (χ1n) is 4.84. The number of hydrogen-bond acceptors (Lipinski definition) is 3. The molecule has 2 fully saturated rings. The second-order valence-electron chi connectivity index (χ2n) is 4.43. The molecule has 2 saturated carbocycles. The lowest BCUT2D eigenvalue weighted by atomic mass is 9.80. The van der Waals surface area contributed by atoms with Crippen LogP contribution in [0.2, 0.25) is 0 Å². The van der Waals surface area contributed by atoms with Crippen molar-refractivity contribution in [2.45, 2.75) is 24.7 Å². The highest BCUT2D eigenvalue weighted by molar-refractivity contribution is 5.81. The van der Waals surface area contributed by atoms with Gasteiger partial charge in [-0.15, -0.1) is 0 Å². The molecule has 0 aliphatic heterocycles. The van der Waals surface area contributed by atoms with Gasteiger partial charge in [-0.25, -0.2) is 4.98 Å². The number of nitrogens with zero attached hydrogens (tertiary/aromatic N) is 1. The topological polar surface area (TPSA) is 63.3 Å². The van der Waals surface area contributed by atoms with Gasteiger partial charge in [-0.1, -0.05) is 0 Å². The van der Waals surface area contributed by atoms with Crippen LogP contribution in [0.4, 0.5) is 0 Å². The monoisotopic (exact) mass is 193 g/mol. The van der Waals surface area contributed by atoms with Gasteiger partial charge >= 0.3 is 5.97 Å². The van der Waals surface area contributed by atoms with Gasteiger partial charge < -0.3 is 9.52 Å². The molecule has 1 N–H and O–H groups in total. The van der Waals surface area contributed by atoms with Crippen LogP contribution in [0.25, 0.3) is 0 Å². The Morgan fingerprint density at radius 1 is 1.57 bits per heavy atom. The fourth-order valence-electron chi connectivity index (χ4n) is 2.73. The molecule has 0 amide bonds. The third kappa shape index (κ3) is 0.882. The third-order valence-corrected chi connectivity index (χ3v) is 3.62. The number of carboxylic acids is 1. The molecule has 0 aromatic carbocycles. The Morgan fingerprint density at radius 2 is 2.29 bits per heavy atom. The van der Waals surface area contributed by atoms with E-state index >= 15 is 0 Å². The number of aliphatic carboxylic acids is 1. The number of rotatable bonds is 2. The number of carboxylic acid groups (broad SMARTS) is 1. The Balaban J connectivity index is 2.01. The summed E-state index contributed by atoms with van der Waals surface area (Å²) in [5, 5.41) is 9.29. The van der Waals surface area contributed by atoms with Gasteiger partial charge in [0.25, 0.3) is 0 Å². The fraction of sp³-hybridized carbons (Fsp3) is 0.600. The second kappa shape index (κ2) is 2.38. The Hall–Kier alpha value is -1.32. The summed E-state index contributed by atoms with van der Waals surface area (Å²) in [7, 11) is 0. The van der Waals surface area contributed by atoms with Gasteiger partial charge in [-0.2, -0.15) is 0 Å². The van der Waals surface area contributed by atoms with E-state index in [4.69, 9.17) is 4.42 Å². The lowest BCUT2D eigenvalue weighted by Crippen LogP contribution is -2.34. The van der Waals surface area contributed by atoms with Crippen molar-refractivity contribution in [3.8, 4) is 0 Å². The van der Waals surface area contributed by atoms with E-state index < -0.39 is 11.4 Å². The van der Waals surface area contributed by atoms with Crippen molar-refractivity contribution in [1.29, 1.82) is 0 Å². The second-order valence-corrected chi connectivity index (χ2v) is 4.43. The molecule has 2 aliphatic carbocycles. The van der Waals surface area contributed by atoms with Gasteiger partial charge in [0.05, 0.1) is 5.69 Å². The number of hydrogen-bond donors (Lipinski definition) is 1. The summed E-state index contributed by atoms with van der Waals surface area (Å²) >= 11 is 0. The summed E-state index contributed by atoms with van der Waals surface area (Å²) in [6, 6.07) is 0. The molecular weight excluding hydrogens is 182 g/mol. The smallest absolute Gasteiger partial charge is 0.315 e. The van der Waals surface area contributed by atoms with Crippen LogP contribution in [-0.4, -0.2) is 16.1 Å². The van der Waals surface area contributed by atoms with Crippen molar-refractivity contribution < 1.29 is 14.3 Å². The summed E-state index contributed by atoms with van der Waals surface area (Å²) in [5.41, 5.74) is -0.155. The number of aromatic nitrogens is 1. The van der Waals surface area contributed by atoms with Crippen LogP contribution in [-0.2, 0) is 10.2 Å². The molecule has 0 bridgehead atoms. The minimum absolute atomic E-state index is 0.595. The van der Waals surface area contributed by atoms with Crippen LogP contribution in [0.1, 0.15) is 25.0 Å². The molecule has 2 atom stereocenters. The van der Waals surface area contributed by atoms with Crippen molar-refractivity contribution in [3.63, 3.8) is 0 Å². The number of oxazole rings is 1. The van der Waals surface area contributed by atoms with E-state index in [1.54, 1.807) is 0 Å². The molecular formula is C10H11NO3. The molecule has 1 heterocycles. The summed E-state index contributed by atoms with van der Waals surface area (Å²) in [6.45, 7) is 0. The first-order chi connectivity index (χ1) is 6.72. The highest BCUT2D eigenvalue weighted by atomic mass is 16.4. The van der Waals surface area contributed by atoms with Crippen LogP contribution in [0.3, 0.4) is 0 Å². The Kier molecular flexibility index (Phi) is 1.36. The molecule has 1 aromatic rings. The molecule has 4 nitrogen and oxygen atoms in total. The maximum Gasteiger partial charge on any atom is 0.315 e. The van der Waals surface area contributed by atoms with E-state index in [1.165, 1.54) is 19.1 Å². The Labute approximate surface area is 80.9 Å². The summed E-state index contributed by atoms with van der Waals surface area (Å²) in [4.78, 5) is 15.3. The molecule has 0 spiro atoms. The van der Waals surface area contributed by atoms with Crippen molar-refractivity contribution in [2.24, 2.45) is 11.8 Å². The van der Waals surface area contributed by atoms with E-state index in [0.29, 0.717) is 17.5 Å². The van der Waals surface area contributed by atoms with Crippen LogP contribution < -0.4 is 0 Å². The standard InChI is InChI=1S/C10H11NO3/c12-9(13)10(8-4-14-5-11-8)2-6-1-7(6)3-10/h4-7H,1-3H2,(H,12,13). The van der Waals surface area contributed by atoms with E-state index in [0.717, 1.165) is 12.8 Å². The molecule has 0 radical (unpaired) electrons. The van der Waals surface area contributed by atoms with Crippen LogP contribution >= 0.6 is 0 Å². The highest BCUT2D eigenvalue weighted by Crippen LogP contribution is 2.60. The number of carbonyl (C=O) groups is 1. The van der Waals surface area contributed by atoms with Gasteiger partial charge in [-0.3, -0.25) is 4.79 Å². The van der Waals surface area contributed by atoms with Crippen molar-refractivity contribution in [1.82, 2.24) is 4.98 Å². The van der Waals surface area contributed by atoms with E-state index in [-0.39, 0.29) is 0 Å². The first kappa shape index (κ1) is 8.03. The Morgan fingerprint density at radius 3 is 2.79 bits per heavy atom. The minimum atomic E-state index is -0.751. The SMILES string of the molecule is O=C(O)C1(c2cocn2)CC2CC2C1. The average Bonchev–Trinajstić information content (AvgIpc) is 2.68. The molecule has 2 unspecified atom stereocenters. The van der Waals surface area contributed by atoms with Crippen molar-refractivity contribution in [2.75, 3.05) is 0 Å². The molecule has 2 aliphatic rings. The van der Waals surface area contributed by atoms with Gasteiger partial charge in [0.15, 0.2) is 6.39 Å². The normalized spacial score (nSPS) is 39.4. The summed E-state index contributed by atoms with van der Waals surface area (Å²) < 4.78 is 4.88. The third-order valence-electron chi connectivity index (χ3n) is 3.62. The van der Waals surface area contributed by atoms with E-state index in [1.807, 2.05) is 0 Å². The Bertz CT molecular complexity index is 361. The summed E-state index contributed by atoms with van der Waals surface area (Å²) in [6.07, 6.45) is 5.45. The fourth-order valence-corrected chi connectivity index (χ4v) is 2.73. The lowest BCUT2D eigenvalue weighted by Gasteiger charge is -2.22. The quantitative estimate of drug-likeness (QED) is 0.771. The lowest BCUT2D eigenvalue weighted by molar-refractivity contribution is -0.144. The molecule has 74 valence electrons. The van der Waals surface area contributed by atoms with Gasteiger partial charge in [0.1, 0.15) is 11.7 Å². The van der Waals surface area contributed by atoms with Crippen molar-refractivity contribution in [3.05, 3.63) is 18.4 Å². The largest absolute Gasteiger partial charge is 0.481 e. The maximum atomic E-state index is 11.3. The maximum absolute atomic E-state index is 11.3. The zero-order valence-corrected chi connectivity index (χ0v) is 7.64. The van der Waals surface area contributed by atoms with Crippen LogP contribution in [0.15, 0.2) is 17.1 Å². The van der Waals surface area contributed by atoms with Gasteiger partial charge in [0, 0.05) is 0 Å². The van der Waals surface area contributed by atoms with Crippen LogP contribution in [0, 0.1) is 11.8 Å². The molecule has 0 saturated heterocycles. The van der Waals surface area contributed by atoms with Crippen LogP contribution in [0.5, 0.6) is 0 Å². The van der Waals surface area contributed by atoms with E-state index in [2.05, 4.69) is 4.98 Å². The molecule has 14 heavy (non-hydrogen) atoms. The predicted molar refractivity (Wildman–Crippen MR) is 46.6 cm³/mol. The average molecular weight is 193 g/mol. The van der Waals surface area contributed by atoms with Crippen molar-refractivity contribution >= 4 is 5.97 Å². The first-order valence-corrected chi connectivity index (χ1v) is 4.84. The van der Waals surface area contributed by atoms with Gasteiger partial charge in [0.2, 0.25) is 0 Å². The zero-order chi connectivity index (χ0) is 9.76. The molecule has 4 heteroatoms. The minimum Gasteiger partial charge on any atom is -0.481 e. The highest BCUT2D eigenvalue weighted by Gasteiger charge is 2.59. The number of fused-ring (bicyclic) bond motifs is 1. The molecule has 3 rings (SSSR count). The summed E-state index contributed by atoms with van der Waals surface area (Å²) in [5.74, 6) is 0.476. The predicted octanol–water partition coefficient (Wildman–Crippen LogP) is 1.43. The van der Waals surface area contributed by atoms with Gasteiger partial charge in [-0.05, 0) is 31.1 Å². The van der Waals surface area contributed by atoms with E-state index in [9.17, 15) is 9.90 Å². The molecule has 1 aromatic heterocycles. The zero-order valence-electron chi connectivity index (χ0n) is 7.64.